The number of aliphatic hydroxyl groups is 1. The maximum Gasteiger partial charge on any atom is 0.301 e. The molecule has 0 radical (unpaired) electrons. The lowest BCUT2D eigenvalue weighted by Crippen LogP contribution is -2.29. The van der Waals surface area contributed by atoms with Crippen LogP contribution in [0.25, 0.3) is 5.76 Å². The zero-order valence-corrected chi connectivity index (χ0v) is 26.7. The van der Waals surface area contributed by atoms with Crippen LogP contribution < -0.4 is 23.8 Å². The van der Waals surface area contributed by atoms with Crippen molar-refractivity contribution in [1.82, 2.24) is 10.2 Å². The van der Waals surface area contributed by atoms with Gasteiger partial charge < -0.3 is 24.1 Å². The molecule has 0 spiro atoms. The molecule has 0 bridgehead atoms. The first-order valence-electron chi connectivity index (χ1n) is 14.7. The molecule has 2 aliphatic heterocycles. The first kappa shape index (κ1) is 31.4. The Morgan fingerprint density at radius 3 is 2.54 bits per heavy atom. The molecule has 0 aliphatic carbocycles. The summed E-state index contributed by atoms with van der Waals surface area (Å²) in [7, 11) is 0. The molecule has 10 nitrogen and oxygen atoms in total. The second-order valence-electron chi connectivity index (χ2n) is 10.3. The normalized spacial score (nSPS) is 16.9. The Labute approximate surface area is 272 Å². The van der Waals surface area contributed by atoms with E-state index in [0.717, 1.165) is 23.3 Å². The quantitative estimate of drug-likeness (QED) is 0.0622. The van der Waals surface area contributed by atoms with Crippen molar-refractivity contribution in [1.29, 1.82) is 0 Å². The zero-order valence-electron chi connectivity index (χ0n) is 25.0. The van der Waals surface area contributed by atoms with E-state index in [0.29, 0.717) is 65.1 Å². The molecule has 2 aliphatic rings. The predicted octanol–water partition coefficient (Wildman–Crippen LogP) is 6.55. The van der Waals surface area contributed by atoms with Gasteiger partial charge in [-0.3, -0.25) is 14.5 Å². The van der Waals surface area contributed by atoms with Crippen LogP contribution in [-0.2, 0) is 15.3 Å². The van der Waals surface area contributed by atoms with E-state index >= 15 is 0 Å². The molecule has 3 aromatic carbocycles. The third-order valence-electron chi connectivity index (χ3n) is 7.18. The number of carbonyl (C=O) groups excluding carboxylic acids is 2. The number of benzene rings is 3. The number of amides is 1. The number of anilines is 1. The summed E-state index contributed by atoms with van der Waals surface area (Å²) in [5.74, 6) is -0.0428. The average Bonchev–Trinajstić information content (AvgIpc) is 3.65. The standard InChI is InChI=1S/C33H30FN3O7S2/c1-3-13-42-23-11-7-20(16-25(23)41-4-2)28-27(29(38)21-8-12-24-26(17-21)44-15-14-43-24)30(39)31(40)37(28)32-35-36-33(46-32)45-18-19-5-9-22(34)10-6-19/h5-12,16-17,28,38H,3-4,13-15,18H2,1-2H3/t28-/m0/s1. The number of aliphatic hydroxyl groups excluding tert-OH is 1. The van der Waals surface area contributed by atoms with Crippen LogP contribution in [0.5, 0.6) is 23.0 Å². The Balaban J connectivity index is 1.42. The van der Waals surface area contributed by atoms with E-state index < -0.39 is 17.7 Å². The molecule has 46 heavy (non-hydrogen) atoms. The molecule has 1 saturated heterocycles. The van der Waals surface area contributed by atoms with E-state index in [1.807, 2.05) is 13.8 Å². The summed E-state index contributed by atoms with van der Waals surface area (Å²) in [4.78, 5) is 28.7. The summed E-state index contributed by atoms with van der Waals surface area (Å²) >= 11 is 2.51. The molecule has 4 aromatic rings. The number of nitrogens with zero attached hydrogens (tertiary/aromatic N) is 3. The van der Waals surface area contributed by atoms with Gasteiger partial charge in [0, 0.05) is 11.3 Å². The largest absolute Gasteiger partial charge is 0.507 e. The van der Waals surface area contributed by atoms with Crippen LogP contribution in [0.1, 0.15) is 43.0 Å². The topological polar surface area (TPSA) is 120 Å². The van der Waals surface area contributed by atoms with Crippen LogP contribution in [0, 0.1) is 5.82 Å². The van der Waals surface area contributed by atoms with Gasteiger partial charge in [0.25, 0.3) is 5.78 Å². The van der Waals surface area contributed by atoms with Crippen LogP contribution in [-0.4, -0.2) is 53.4 Å². The maximum absolute atomic E-state index is 13.7. The van der Waals surface area contributed by atoms with Crippen molar-refractivity contribution >= 4 is 45.7 Å². The van der Waals surface area contributed by atoms with Gasteiger partial charge in [0.15, 0.2) is 27.3 Å². The number of Topliss-reactive ketones (excluding diaryl/α,β-unsaturated/α-hetero) is 1. The Morgan fingerprint density at radius 2 is 1.78 bits per heavy atom. The molecule has 1 fully saturated rings. The molecule has 1 amide bonds. The fraction of sp³-hybridized carbons (Fsp3) is 0.273. The van der Waals surface area contributed by atoms with Gasteiger partial charge >= 0.3 is 5.91 Å². The van der Waals surface area contributed by atoms with E-state index in [1.165, 1.54) is 28.8 Å². The fourth-order valence-corrected chi connectivity index (χ4v) is 6.89. The molecular weight excluding hydrogens is 634 g/mol. The lowest BCUT2D eigenvalue weighted by molar-refractivity contribution is -0.132. The number of thioether (sulfide) groups is 1. The van der Waals surface area contributed by atoms with Crippen LogP contribution in [0.4, 0.5) is 9.52 Å². The van der Waals surface area contributed by atoms with Gasteiger partial charge in [0.2, 0.25) is 5.13 Å². The second kappa shape index (κ2) is 13.8. The van der Waals surface area contributed by atoms with Gasteiger partial charge in [-0.15, -0.1) is 10.2 Å². The molecule has 1 aromatic heterocycles. The Bertz CT molecular complexity index is 1790. The lowest BCUT2D eigenvalue weighted by Gasteiger charge is -2.24. The minimum Gasteiger partial charge on any atom is -0.507 e. The van der Waals surface area contributed by atoms with E-state index in [1.54, 1.807) is 48.5 Å². The van der Waals surface area contributed by atoms with Crippen molar-refractivity contribution in [3.8, 4) is 23.0 Å². The van der Waals surface area contributed by atoms with Gasteiger partial charge in [0.05, 0.1) is 24.8 Å². The van der Waals surface area contributed by atoms with Gasteiger partial charge in [-0.1, -0.05) is 48.2 Å². The smallest absolute Gasteiger partial charge is 0.301 e. The van der Waals surface area contributed by atoms with E-state index in [-0.39, 0.29) is 27.8 Å². The molecular formula is C33H30FN3O7S2. The molecule has 0 unspecified atom stereocenters. The summed E-state index contributed by atoms with van der Waals surface area (Å²) < 4.78 is 36.9. The highest BCUT2D eigenvalue weighted by atomic mass is 32.2. The summed E-state index contributed by atoms with van der Waals surface area (Å²) in [5, 5.41) is 20.3. The van der Waals surface area contributed by atoms with Crippen molar-refractivity contribution in [2.75, 3.05) is 31.3 Å². The van der Waals surface area contributed by atoms with Crippen LogP contribution >= 0.6 is 23.1 Å². The molecule has 13 heteroatoms. The minimum absolute atomic E-state index is 0.123. The minimum atomic E-state index is -1.06. The van der Waals surface area contributed by atoms with E-state index in [4.69, 9.17) is 18.9 Å². The summed E-state index contributed by atoms with van der Waals surface area (Å²) in [5.41, 5.74) is 1.55. The fourth-order valence-electron chi connectivity index (χ4n) is 5.07. The summed E-state index contributed by atoms with van der Waals surface area (Å²) in [6, 6.07) is 15.1. The zero-order chi connectivity index (χ0) is 32.2. The van der Waals surface area contributed by atoms with Crippen molar-refractivity contribution in [3.05, 3.63) is 88.7 Å². The number of hydrogen-bond acceptors (Lipinski definition) is 11. The number of rotatable bonds is 11. The number of aromatic nitrogens is 2. The summed E-state index contributed by atoms with van der Waals surface area (Å²) in [6.07, 6.45) is 0.793. The second-order valence-corrected chi connectivity index (χ2v) is 12.5. The van der Waals surface area contributed by atoms with Crippen LogP contribution in [0.15, 0.2) is 70.6 Å². The Kier molecular flexibility index (Phi) is 9.41. The van der Waals surface area contributed by atoms with Crippen LogP contribution in [0.3, 0.4) is 0 Å². The third-order valence-corrected chi connectivity index (χ3v) is 9.31. The van der Waals surface area contributed by atoms with Gasteiger partial charge in [0.1, 0.15) is 24.8 Å². The molecule has 3 heterocycles. The molecule has 1 N–H and O–H groups in total. The van der Waals surface area contributed by atoms with E-state index in [2.05, 4.69) is 10.2 Å². The maximum atomic E-state index is 13.7. The molecule has 0 saturated carbocycles. The highest BCUT2D eigenvalue weighted by molar-refractivity contribution is 8.00. The highest BCUT2D eigenvalue weighted by Gasteiger charge is 2.48. The monoisotopic (exact) mass is 663 g/mol. The van der Waals surface area contributed by atoms with Crippen molar-refractivity contribution in [2.24, 2.45) is 0 Å². The number of ether oxygens (including phenoxy) is 4. The third kappa shape index (κ3) is 6.38. The lowest BCUT2D eigenvalue weighted by atomic mass is 9.95. The SMILES string of the molecule is CCCOc1ccc([C@H]2C(=C(O)c3ccc4c(c3)OCCO4)C(=O)C(=O)N2c2nnc(SCc3ccc(F)cc3)s2)cc1OCC. The number of fused-ring (bicyclic) bond motifs is 1. The molecule has 1 atom stereocenters. The number of ketones is 1. The summed E-state index contributed by atoms with van der Waals surface area (Å²) in [6.45, 7) is 5.41. The Hall–Kier alpha value is -4.62. The van der Waals surface area contributed by atoms with Crippen LogP contribution in [0.2, 0.25) is 0 Å². The van der Waals surface area contributed by atoms with E-state index in [9.17, 15) is 19.1 Å². The molecule has 238 valence electrons. The predicted molar refractivity (Wildman–Crippen MR) is 171 cm³/mol. The van der Waals surface area contributed by atoms with Crippen molar-refractivity contribution < 1.29 is 38.0 Å². The highest BCUT2D eigenvalue weighted by Crippen LogP contribution is 2.46. The van der Waals surface area contributed by atoms with Gasteiger partial charge in [-0.05, 0) is 66.9 Å². The number of halogens is 1. The Morgan fingerprint density at radius 1 is 1.00 bits per heavy atom. The number of carbonyl (C=O) groups is 2. The first-order valence-corrected chi connectivity index (χ1v) is 16.5. The first-order chi connectivity index (χ1) is 22.4. The number of hydrogen-bond donors (Lipinski definition) is 1. The van der Waals surface area contributed by atoms with Crippen molar-refractivity contribution in [3.63, 3.8) is 0 Å². The van der Waals surface area contributed by atoms with Gasteiger partial charge in [-0.25, -0.2) is 4.39 Å². The average molecular weight is 664 g/mol. The van der Waals surface area contributed by atoms with Crippen molar-refractivity contribution in [2.45, 2.75) is 36.4 Å². The van der Waals surface area contributed by atoms with Gasteiger partial charge in [-0.2, -0.15) is 0 Å². The molecule has 6 rings (SSSR count).